The lowest BCUT2D eigenvalue weighted by atomic mass is 9.48. The van der Waals surface area contributed by atoms with Crippen LogP contribution in [0.4, 0.5) is 0 Å². The molecule has 2 N–H and O–H groups in total. The molecule has 0 aromatic rings. The van der Waals surface area contributed by atoms with Crippen molar-refractivity contribution >= 4 is 0 Å². The van der Waals surface area contributed by atoms with Crippen molar-refractivity contribution in [3.05, 3.63) is 23.8 Å². The molecule has 0 aliphatic heterocycles. The molecule has 24 heavy (non-hydrogen) atoms. The first kappa shape index (κ1) is 16.4. The van der Waals surface area contributed by atoms with Crippen LogP contribution < -0.4 is 0 Å². The van der Waals surface area contributed by atoms with Crippen LogP contribution >= 0.6 is 0 Å². The van der Waals surface area contributed by atoms with Crippen LogP contribution in [-0.4, -0.2) is 21.9 Å². The maximum absolute atomic E-state index is 11.2. The van der Waals surface area contributed by atoms with E-state index in [9.17, 15) is 10.2 Å². The van der Waals surface area contributed by atoms with Crippen molar-refractivity contribution in [1.29, 1.82) is 0 Å². The SMILES string of the molecule is C#C[C@]1(O)[C@@H](O)C[C@H]2[C@@H]3CCC4=CCCC[C@@H]4[C@H]3C(=C)C[C@@]21CC. The smallest absolute Gasteiger partial charge is 0.156 e. The van der Waals surface area contributed by atoms with Gasteiger partial charge in [0.25, 0.3) is 0 Å². The molecule has 130 valence electrons. The number of terminal acetylenes is 1. The fourth-order valence-electron chi connectivity index (χ4n) is 7.03. The molecule has 3 saturated carbocycles. The van der Waals surface area contributed by atoms with Crippen molar-refractivity contribution in [3.63, 3.8) is 0 Å². The Morgan fingerprint density at radius 3 is 2.92 bits per heavy atom. The summed E-state index contributed by atoms with van der Waals surface area (Å²) in [5.74, 6) is 4.62. The van der Waals surface area contributed by atoms with Crippen LogP contribution in [0.3, 0.4) is 0 Å². The van der Waals surface area contributed by atoms with Gasteiger partial charge in [-0.15, -0.1) is 6.42 Å². The standard InChI is InChI=1S/C22H30O2/c1-4-21-13-14(3)20-16-9-7-6-8-15(16)10-11-17(20)18(21)12-19(23)22(21,24)5-2/h2,8,16-20,23-24H,3-4,6-7,9-13H2,1H3/t16-,17-,18-,19-,20+,21-,22-/m0/s1. The molecule has 0 spiro atoms. The first-order valence-electron chi connectivity index (χ1n) is 9.73. The molecule has 0 radical (unpaired) electrons. The van der Waals surface area contributed by atoms with Crippen molar-refractivity contribution in [3.8, 4) is 12.3 Å². The van der Waals surface area contributed by atoms with Crippen molar-refractivity contribution in [2.45, 2.75) is 70.0 Å². The van der Waals surface area contributed by atoms with Crippen molar-refractivity contribution in [1.82, 2.24) is 0 Å². The minimum absolute atomic E-state index is 0.317. The van der Waals surface area contributed by atoms with Crippen molar-refractivity contribution < 1.29 is 10.2 Å². The molecular weight excluding hydrogens is 296 g/mol. The fraction of sp³-hybridized carbons (Fsp3) is 0.727. The Morgan fingerprint density at radius 1 is 1.42 bits per heavy atom. The van der Waals surface area contributed by atoms with Gasteiger partial charge in [0.1, 0.15) is 0 Å². The molecule has 4 aliphatic carbocycles. The second kappa shape index (κ2) is 5.48. The lowest BCUT2D eigenvalue weighted by molar-refractivity contribution is -0.110. The van der Waals surface area contributed by atoms with Crippen LogP contribution in [0.15, 0.2) is 23.8 Å². The van der Waals surface area contributed by atoms with Gasteiger partial charge in [-0.25, -0.2) is 0 Å². The zero-order valence-corrected chi connectivity index (χ0v) is 14.8. The molecule has 0 unspecified atom stereocenters. The van der Waals surface area contributed by atoms with E-state index in [1.54, 1.807) is 5.57 Å². The number of hydrogen-bond donors (Lipinski definition) is 2. The normalized spacial score (nSPS) is 50.3. The molecule has 2 heteroatoms. The third-order valence-corrected chi connectivity index (χ3v) is 8.07. The summed E-state index contributed by atoms with van der Waals surface area (Å²) in [6.45, 7) is 6.60. The minimum atomic E-state index is -1.40. The molecule has 7 atom stereocenters. The van der Waals surface area contributed by atoms with E-state index in [1.165, 1.54) is 31.3 Å². The highest BCUT2D eigenvalue weighted by atomic mass is 16.3. The second-order valence-corrected chi connectivity index (χ2v) is 8.66. The number of aliphatic hydroxyl groups is 2. The van der Waals surface area contributed by atoms with Gasteiger partial charge in [-0.05, 0) is 75.0 Å². The zero-order valence-electron chi connectivity index (χ0n) is 14.8. The maximum atomic E-state index is 11.2. The average Bonchev–Trinajstić information content (AvgIpc) is 2.83. The van der Waals surface area contributed by atoms with Crippen molar-refractivity contribution in [2.24, 2.45) is 29.1 Å². The maximum Gasteiger partial charge on any atom is 0.156 e. The highest BCUT2D eigenvalue weighted by Gasteiger charge is 2.67. The van der Waals surface area contributed by atoms with Gasteiger partial charge in [-0.1, -0.05) is 36.6 Å². The van der Waals surface area contributed by atoms with E-state index in [4.69, 9.17) is 6.42 Å². The van der Waals surface area contributed by atoms with Crippen LogP contribution in [0.5, 0.6) is 0 Å². The molecule has 0 aromatic heterocycles. The van der Waals surface area contributed by atoms with Crippen LogP contribution in [0.2, 0.25) is 0 Å². The highest BCUT2D eigenvalue weighted by Crippen LogP contribution is 2.67. The molecule has 0 amide bonds. The van der Waals surface area contributed by atoms with E-state index >= 15 is 0 Å². The van der Waals surface area contributed by atoms with Crippen LogP contribution in [0.1, 0.15) is 58.3 Å². The van der Waals surface area contributed by atoms with Crippen molar-refractivity contribution in [2.75, 3.05) is 0 Å². The first-order chi connectivity index (χ1) is 11.5. The Morgan fingerprint density at radius 2 is 2.21 bits per heavy atom. The third-order valence-electron chi connectivity index (χ3n) is 8.07. The molecular formula is C22H30O2. The van der Waals surface area contributed by atoms with Gasteiger partial charge in [-0.2, -0.15) is 0 Å². The predicted molar refractivity (Wildman–Crippen MR) is 96.0 cm³/mol. The monoisotopic (exact) mass is 326 g/mol. The summed E-state index contributed by atoms with van der Waals surface area (Å²) >= 11 is 0. The van der Waals surface area contributed by atoms with Crippen LogP contribution in [0, 0.1) is 41.4 Å². The van der Waals surface area contributed by atoms with Gasteiger partial charge in [0, 0.05) is 5.41 Å². The van der Waals surface area contributed by atoms with Gasteiger partial charge in [0.2, 0.25) is 0 Å². The summed E-state index contributed by atoms with van der Waals surface area (Å²) < 4.78 is 0. The van der Waals surface area contributed by atoms with E-state index in [1.807, 2.05) is 0 Å². The summed E-state index contributed by atoms with van der Waals surface area (Å²) in [6, 6.07) is 0. The molecule has 4 aliphatic rings. The predicted octanol–water partition coefficient (Wildman–Crippen LogP) is 3.84. The summed E-state index contributed by atoms with van der Waals surface area (Å²) in [6.07, 6.45) is 15.8. The largest absolute Gasteiger partial charge is 0.389 e. The molecule has 0 heterocycles. The Hall–Kier alpha value is -1.04. The molecule has 2 nitrogen and oxygen atoms in total. The summed E-state index contributed by atoms with van der Waals surface area (Å²) in [5.41, 5.74) is 1.13. The number of rotatable bonds is 1. The first-order valence-corrected chi connectivity index (χ1v) is 9.73. The molecule has 0 bridgehead atoms. The number of allylic oxidation sites excluding steroid dienone is 3. The number of fused-ring (bicyclic) bond motifs is 5. The Balaban J connectivity index is 1.77. The summed E-state index contributed by atoms with van der Waals surface area (Å²) in [5, 5.41) is 21.9. The number of hydrogen-bond acceptors (Lipinski definition) is 2. The van der Waals surface area contributed by atoms with E-state index in [0.717, 1.165) is 19.3 Å². The van der Waals surface area contributed by atoms with E-state index < -0.39 is 17.1 Å². The van der Waals surface area contributed by atoms with E-state index in [2.05, 4.69) is 25.5 Å². The van der Waals surface area contributed by atoms with Gasteiger partial charge < -0.3 is 10.2 Å². The summed E-state index contributed by atoms with van der Waals surface area (Å²) in [7, 11) is 0. The molecule has 0 aromatic carbocycles. The number of aliphatic hydroxyl groups excluding tert-OH is 1. The zero-order chi connectivity index (χ0) is 17.1. The Kier molecular flexibility index (Phi) is 3.75. The molecule has 0 saturated heterocycles. The van der Waals surface area contributed by atoms with Gasteiger partial charge >= 0.3 is 0 Å². The van der Waals surface area contributed by atoms with E-state index in [-0.39, 0.29) is 0 Å². The lowest BCUT2D eigenvalue weighted by Gasteiger charge is -2.56. The quantitative estimate of drug-likeness (QED) is 0.568. The lowest BCUT2D eigenvalue weighted by Crippen LogP contribution is -2.56. The van der Waals surface area contributed by atoms with Gasteiger partial charge in [-0.3, -0.25) is 0 Å². The van der Waals surface area contributed by atoms with E-state index in [0.29, 0.717) is 30.1 Å². The second-order valence-electron chi connectivity index (χ2n) is 8.66. The Labute approximate surface area is 146 Å². The third kappa shape index (κ3) is 1.86. The molecule has 4 rings (SSSR count). The Bertz CT molecular complexity index is 626. The van der Waals surface area contributed by atoms with Crippen LogP contribution in [-0.2, 0) is 0 Å². The summed E-state index contributed by atoms with van der Waals surface area (Å²) in [4.78, 5) is 0. The fourth-order valence-corrected chi connectivity index (χ4v) is 7.03. The van der Waals surface area contributed by atoms with Crippen LogP contribution in [0.25, 0.3) is 0 Å². The van der Waals surface area contributed by atoms with Gasteiger partial charge in [0.15, 0.2) is 5.60 Å². The highest BCUT2D eigenvalue weighted by molar-refractivity contribution is 5.34. The van der Waals surface area contributed by atoms with Gasteiger partial charge in [0.05, 0.1) is 6.10 Å². The molecule has 3 fully saturated rings. The topological polar surface area (TPSA) is 40.5 Å². The average molecular weight is 326 g/mol. The minimum Gasteiger partial charge on any atom is -0.389 e.